The quantitative estimate of drug-likeness (QED) is 0.616. The molecule has 0 N–H and O–H groups in total. The van der Waals surface area contributed by atoms with Crippen molar-refractivity contribution in [1.29, 1.82) is 0 Å². The number of non-ortho nitro benzene ring substituents is 1. The van der Waals surface area contributed by atoms with Gasteiger partial charge in [-0.05, 0) is 37.5 Å². The zero-order valence-corrected chi connectivity index (χ0v) is 13.9. The molecule has 0 radical (unpaired) electrons. The van der Waals surface area contributed by atoms with Gasteiger partial charge in [-0.1, -0.05) is 6.07 Å². The molecule has 0 bridgehead atoms. The first-order valence-corrected chi connectivity index (χ1v) is 8.15. The number of benzene rings is 1. The molecule has 2 aromatic rings. The van der Waals surface area contributed by atoms with Crippen LogP contribution in [0.25, 0.3) is 0 Å². The van der Waals surface area contributed by atoms with Crippen molar-refractivity contribution in [2.75, 3.05) is 18.1 Å². The van der Waals surface area contributed by atoms with E-state index in [0.717, 1.165) is 12.8 Å². The van der Waals surface area contributed by atoms with Gasteiger partial charge in [0, 0.05) is 42.4 Å². The van der Waals surface area contributed by atoms with Crippen LogP contribution >= 0.6 is 0 Å². The first-order chi connectivity index (χ1) is 12.1. The van der Waals surface area contributed by atoms with Crippen molar-refractivity contribution in [1.82, 2.24) is 4.98 Å². The van der Waals surface area contributed by atoms with E-state index in [2.05, 4.69) is 4.98 Å². The summed E-state index contributed by atoms with van der Waals surface area (Å²) < 4.78 is 5.67. The van der Waals surface area contributed by atoms with Crippen LogP contribution < -0.4 is 4.90 Å². The zero-order valence-electron chi connectivity index (χ0n) is 13.9. The minimum absolute atomic E-state index is 0.0314. The summed E-state index contributed by atoms with van der Waals surface area (Å²) in [5, 5.41) is 11.1. The van der Waals surface area contributed by atoms with Crippen LogP contribution in [0.15, 0.2) is 42.7 Å². The number of nitrogens with zero attached hydrogens (tertiary/aromatic N) is 3. The molecule has 1 amide bonds. The number of aromatic nitrogens is 1. The molecule has 0 spiro atoms. The van der Waals surface area contributed by atoms with Gasteiger partial charge < -0.3 is 9.64 Å². The van der Waals surface area contributed by atoms with Gasteiger partial charge in [0.15, 0.2) is 0 Å². The molecule has 1 atom stereocenters. The number of ether oxygens (including phenoxy) is 1. The number of nitro groups is 1. The Morgan fingerprint density at radius 3 is 2.76 bits per heavy atom. The first-order valence-electron chi connectivity index (χ1n) is 8.15. The summed E-state index contributed by atoms with van der Waals surface area (Å²) in [6.45, 7) is 2.87. The molecule has 1 aromatic carbocycles. The molecular formula is C18H19N3O4. The van der Waals surface area contributed by atoms with Crippen molar-refractivity contribution in [2.45, 2.75) is 25.9 Å². The number of rotatable bonds is 5. The van der Waals surface area contributed by atoms with E-state index in [0.29, 0.717) is 30.0 Å². The number of carbonyl (C=O) groups is 1. The average Bonchev–Trinajstić information content (AvgIpc) is 3.13. The highest BCUT2D eigenvalue weighted by atomic mass is 16.6. The molecule has 7 heteroatoms. The third-order valence-corrected chi connectivity index (χ3v) is 4.29. The van der Waals surface area contributed by atoms with Crippen LogP contribution in [-0.4, -0.2) is 35.1 Å². The summed E-state index contributed by atoms with van der Waals surface area (Å²) >= 11 is 0. The minimum atomic E-state index is -0.493. The summed E-state index contributed by atoms with van der Waals surface area (Å²) in [6, 6.07) is 7.84. The number of anilines is 1. The fourth-order valence-electron chi connectivity index (χ4n) is 2.92. The summed E-state index contributed by atoms with van der Waals surface area (Å²) in [4.78, 5) is 29.3. The topological polar surface area (TPSA) is 85.6 Å². The summed E-state index contributed by atoms with van der Waals surface area (Å²) in [7, 11) is 0. The number of pyridine rings is 1. The van der Waals surface area contributed by atoms with Crippen molar-refractivity contribution in [2.24, 2.45) is 0 Å². The zero-order chi connectivity index (χ0) is 17.8. The Morgan fingerprint density at radius 2 is 2.12 bits per heavy atom. The van der Waals surface area contributed by atoms with E-state index in [9.17, 15) is 14.9 Å². The molecule has 1 aromatic heterocycles. The molecule has 0 aliphatic carbocycles. The van der Waals surface area contributed by atoms with Gasteiger partial charge in [0.05, 0.1) is 17.6 Å². The van der Waals surface area contributed by atoms with Gasteiger partial charge in [-0.3, -0.25) is 19.9 Å². The van der Waals surface area contributed by atoms with E-state index in [1.165, 1.54) is 12.1 Å². The number of hydrogen-bond acceptors (Lipinski definition) is 5. The van der Waals surface area contributed by atoms with Gasteiger partial charge in [-0.2, -0.15) is 0 Å². The van der Waals surface area contributed by atoms with Crippen molar-refractivity contribution in [3.8, 4) is 0 Å². The fraction of sp³-hybridized carbons (Fsp3) is 0.333. The summed E-state index contributed by atoms with van der Waals surface area (Å²) in [5.41, 5.74) is 1.62. The van der Waals surface area contributed by atoms with Crippen molar-refractivity contribution in [3.05, 3.63) is 64.0 Å². The molecule has 1 aliphatic heterocycles. The lowest BCUT2D eigenvalue weighted by Crippen LogP contribution is -2.37. The van der Waals surface area contributed by atoms with Crippen molar-refractivity contribution in [3.63, 3.8) is 0 Å². The van der Waals surface area contributed by atoms with Gasteiger partial charge in [0.25, 0.3) is 11.6 Å². The molecule has 130 valence electrons. The van der Waals surface area contributed by atoms with E-state index in [1.807, 2.05) is 0 Å². The summed E-state index contributed by atoms with van der Waals surface area (Å²) in [6.07, 6.45) is 5.06. The Hall–Kier alpha value is -2.80. The van der Waals surface area contributed by atoms with E-state index in [1.54, 1.807) is 42.4 Å². The van der Waals surface area contributed by atoms with Gasteiger partial charge in [0.2, 0.25) is 0 Å². The van der Waals surface area contributed by atoms with Crippen LogP contribution in [0.5, 0.6) is 0 Å². The Balaban J connectivity index is 1.96. The van der Waals surface area contributed by atoms with E-state index in [-0.39, 0.29) is 17.7 Å². The standard InChI is InChI=1S/C18H19N3O4/c1-13-4-5-15(21(23)24)11-17(13)18(22)20(12-16-3-2-10-25-16)14-6-8-19-9-7-14/h4-9,11,16H,2-3,10,12H2,1H3/t16-/m1/s1. The molecule has 0 unspecified atom stereocenters. The third-order valence-electron chi connectivity index (χ3n) is 4.29. The Bertz CT molecular complexity index is 773. The fourth-order valence-corrected chi connectivity index (χ4v) is 2.92. The van der Waals surface area contributed by atoms with Crippen molar-refractivity contribution >= 4 is 17.3 Å². The second kappa shape index (κ2) is 7.40. The maximum atomic E-state index is 13.2. The first kappa shape index (κ1) is 17.0. The highest BCUT2D eigenvalue weighted by molar-refractivity contribution is 6.07. The Morgan fingerprint density at radius 1 is 1.36 bits per heavy atom. The lowest BCUT2D eigenvalue weighted by Gasteiger charge is -2.26. The van der Waals surface area contributed by atoms with Gasteiger partial charge in [0.1, 0.15) is 0 Å². The highest BCUT2D eigenvalue weighted by Crippen LogP contribution is 2.24. The normalized spacial score (nSPS) is 16.6. The predicted octanol–water partition coefficient (Wildman–Crippen LogP) is 3.12. The highest BCUT2D eigenvalue weighted by Gasteiger charge is 2.26. The van der Waals surface area contributed by atoms with Crippen LogP contribution in [0.1, 0.15) is 28.8 Å². The van der Waals surface area contributed by atoms with Crippen LogP contribution in [-0.2, 0) is 4.74 Å². The third kappa shape index (κ3) is 3.83. The minimum Gasteiger partial charge on any atom is -0.376 e. The molecule has 2 heterocycles. The van der Waals surface area contributed by atoms with Crippen LogP contribution in [0, 0.1) is 17.0 Å². The van der Waals surface area contributed by atoms with Gasteiger partial charge in [-0.15, -0.1) is 0 Å². The van der Waals surface area contributed by atoms with Crippen molar-refractivity contribution < 1.29 is 14.5 Å². The van der Waals surface area contributed by atoms with Crippen LogP contribution in [0.3, 0.4) is 0 Å². The number of amides is 1. The molecular weight excluding hydrogens is 322 g/mol. The van der Waals surface area contributed by atoms with E-state index in [4.69, 9.17) is 4.74 Å². The SMILES string of the molecule is Cc1ccc([N+](=O)[O-])cc1C(=O)N(C[C@H]1CCCO1)c1ccncc1. The second-order valence-electron chi connectivity index (χ2n) is 6.01. The van der Waals surface area contributed by atoms with E-state index >= 15 is 0 Å². The maximum Gasteiger partial charge on any atom is 0.270 e. The molecule has 25 heavy (non-hydrogen) atoms. The van der Waals surface area contributed by atoms with Gasteiger partial charge in [-0.25, -0.2) is 0 Å². The Kier molecular flexibility index (Phi) is 5.04. The molecule has 7 nitrogen and oxygen atoms in total. The lowest BCUT2D eigenvalue weighted by atomic mass is 10.1. The second-order valence-corrected chi connectivity index (χ2v) is 6.01. The molecule has 1 saturated heterocycles. The predicted molar refractivity (Wildman–Crippen MR) is 92.7 cm³/mol. The van der Waals surface area contributed by atoms with Gasteiger partial charge >= 0.3 is 0 Å². The smallest absolute Gasteiger partial charge is 0.270 e. The molecule has 0 saturated carbocycles. The number of hydrogen-bond donors (Lipinski definition) is 0. The van der Waals surface area contributed by atoms with E-state index < -0.39 is 4.92 Å². The largest absolute Gasteiger partial charge is 0.376 e. The molecule has 1 aliphatic rings. The van der Waals surface area contributed by atoms with Crippen LogP contribution in [0.4, 0.5) is 11.4 Å². The maximum absolute atomic E-state index is 13.2. The average molecular weight is 341 g/mol. The molecule has 3 rings (SSSR count). The monoisotopic (exact) mass is 341 g/mol. The van der Waals surface area contributed by atoms with Crippen LogP contribution in [0.2, 0.25) is 0 Å². The Labute approximate surface area is 145 Å². The summed E-state index contributed by atoms with van der Waals surface area (Å²) in [5.74, 6) is -0.275. The lowest BCUT2D eigenvalue weighted by molar-refractivity contribution is -0.384. The number of nitro benzene ring substituents is 1. The number of carbonyl (C=O) groups excluding carboxylic acids is 1. The number of aryl methyl sites for hydroxylation is 1. The molecule has 1 fully saturated rings.